The van der Waals surface area contributed by atoms with Crippen molar-refractivity contribution < 1.29 is 13.2 Å². The molecule has 0 unspecified atom stereocenters. The molecule has 2 heterocycles. The second-order valence-electron chi connectivity index (χ2n) is 5.51. The Balaban J connectivity index is 1.60. The first-order valence-electron chi connectivity index (χ1n) is 7.21. The van der Waals surface area contributed by atoms with E-state index in [1.54, 1.807) is 19.5 Å². The molecule has 1 aliphatic carbocycles. The number of nitrogens with one attached hydrogen (secondary N) is 1. The Morgan fingerprint density at radius 1 is 1.19 bits per heavy atom. The third kappa shape index (κ3) is 3.26. The fraction of sp³-hybridized carbons (Fsp3) is 0.692. The van der Waals surface area contributed by atoms with Crippen molar-refractivity contribution in [2.24, 2.45) is 0 Å². The number of ether oxygens (including phenoxy) is 1. The minimum Gasteiger partial charge on any atom is -0.478 e. The molecule has 0 bridgehead atoms. The normalized spacial score (nSPS) is 20.5. The first-order valence-corrected chi connectivity index (χ1v) is 8.76. The Hall–Kier alpha value is -1.41. The van der Waals surface area contributed by atoms with E-state index in [0.717, 1.165) is 44.6 Å². The lowest BCUT2D eigenvalue weighted by molar-refractivity contribution is 0.390. The first-order chi connectivity index (χ1) is 10.1. The fourth-order valence-electron chi connectivity index (χ4n) is 2.59. The van der Waals surface area contributed by atoms with Crippen LogP contribution in [0, 0.1) is 0 Å². The van der Waals surface area contributed by atoms with E-state index in [1.165, 1.54) is 0 Å². The largest absolute Gasteiger partial charge is 0.478 e. The van der Waals surface area contributed by atoms with Gasteiger partial charge in [-0.2, -0.15) is 0 Å². The lowest BCUT2D eigenvalue weighted by atomic mass is 10.1. The molecule has 1 saturated heterocycles. The van der Waals surface area contributed by atoms with Crippen LogP contribution in [-0.2, 0) is 10.0 Å². The highest BCUT2D eigenvalue weighted by Gasteiger charge is 2.37. The zero-order chi connectivity index (χ0) is 14.9. The van der Waals surface area contributed by atoms with E-state index >= 15 is 0 Å². The molecule has 7 nitrogen and oxygen atoms in total. The fourth-order valence-corrected chi connectivity index (χ4v) is 4.24. The molecule has 2 aliphatic rings. The Labute approximate surface area is 124 Å². The van der Waals surface area contributed by atoms with E-state index in [1.807, 2.05) is 0 Å². The van der Waals surface area contributed by atoms with Crippen LogP contribution in [0.4, 0.5) is 5.82 Å². The molecule has 0 spiro atoms. The van der Waals surface area contributed by atoms with Crippen molar-refractivity contribution in [3.8, 4) is 5.88 Å². The second kappa shape index (κ2) is 5.76. The van der Waals surface area contributed by atoms with Gasteiger partial charge in [-0.05, 0) is 25.7 Å². The molecule has 0 radical (unpaired) electrons. The molecule has 116 valence electrons. The number of piperidine rings is 1. The van der Waals surface area contributed by atoms with Gasteiger partial charge in [-0.25, -0.2) is 23.1 Å². The molecule has 21 heavy (non-hydrogen) atoms. The van der Waals surface area contributed by atoms with Gasteiger partial charge in [0.15, 0.2) is 5.82 Å². The molecule has 8 heteroatoms. The lowest BCUT2D eigenvalue weighted by Crippen LogP contribution is -2.45. The summed E-state index contributed by atoms with van der Waals surface area (Å²) in [6, 6.07) is 0.0227. The van der Waals surface area contributed by atoms with Gasteiger partial charge < -0.3 is 9.64 Å². The second-order valence-corrected chi connectivity index (χ2v) is 7.51. The number of rotatable bonds is 5. The molecule has 0 aromatic carbocycles. The van der Waals surface area contributed by atoms with Crippen LogP contribution in [0.5, 0.6) is 5.88 Å². The summed E-state index contributed by atoms with van der Waals surface area (Å²) >= 11 is 0. The zero-order valence-electron chi connectivity index (χ0n) is 12.0. The van der Waals surface area contributed by atoms with Gasteiger partial charge in [-0.3, -0.25) is 0 Å². The van der Waals surface area contributed by atoms with Gasteiger partial charge in [0.1, 0.15) is 0 Å². The summed E-state index contributed by atoms with van der Waals surface area (Å²) in [6.45, 7) is 1.49. The van der Waals surface area contributed by atoms with Crippen molar-refractivity contribution in [3.63, 3.8) is 0 Å². The number of hydrogen-bond acceptors (Lipinski definition) is 6. The van der Waals surface area contributed by atoms with Crippen molar-refractivity contribution in [1.82, 2.24) is 14.7 Å². The van der Waals surface area contributed by atoms with Crippen molar-refractivity contribution in [2.75, 3.05) is 25.1 Å². The molecule has 1 aliphatic heterocycles. The maximum Gasteiger partial charge on any atom is 0.257 e. The van der Waals surface area contributed by atoms with Crippen molar-refractivity contribution in [2.45, 2.75) is 37.0 Å². The van der Waals surface area contributed by atoms with Crippen LogP contribution in [0.2, 0.25) is 0 Å². The topological polar surface area (TPSA) is 84.4 Å². The summed E-state index contributed by atoms with van der Waals surface area (Å²) in [5.41, 5.74) is 0. The monoisotopic (exact) mass is 312 g/mol. The number of anilines is 1. The number of methoxy groups -OCH3 is 1. The Kier molecular flexibility index (Phi) is 3.99. The maximum atomic E-state index is 11.9. The van der Waals surface area contributed by atoms with Gasteiger partial charge in [0.2, 0.25) is 10.0 Å². The smallest absolute Gasteiger partial charge is 0.257 e. The summed E-state index contributed by atoms with van der Waals surface area (Å²) in [5, 5.41) is -0.157. The molecule has 1 saturated carbocycles. The maximum absolute atomic E-state index is 11.9. The molecule has 1 aromatic heterocycles. The summed E-state index contributed by atoms with van der Waals surface area (Å²) < 4.78 is 31.9. The quantitative estimate of drug-likeness (QED) is 0.854. The van der Waals surface area contributed by atoms with Crippen LogP contribution in [0.3, 0.4) is 0 Å². The van der Waals surface area contributed by atoms with Crippen LogP contribution < -0.4 is 14.4 Å². The number of hydrogen-bond donors (Lipinski definition) is 1. The minimum absolute atomic E-state index is 0.0227. The third-order valence-electron chi connectivity index (χ3n) is 3.93. The Bertz CT molecular complexity index is 595. The van der Waals surface area contributed by atoms with E-state index in [-0.39, 0.29) is 11.3 Å². The van der Waals surface area contributed by atoms with E-state index in [0.29, 0.717) is 5.88 Å². The van der Waals surface area contributed by atoms with Crippen LogP contribution in [-0.4, -0.2) is 49.9 Å². The van der Waals surface area contributed by atoms with Crippen LogP contribution in [0.1, 0.15) is 25.7 Å². The average molecular weight is 312 g/mol. The predicted molar refractivity (Wildman–Crippen MR) is 78.9 cm³/mol. The minimum atomic E-state index is -3.10. The molecule has 1 aromatic rings. The van der Waals surface area contributed by atoms with Gasteiger partial charge >= 0.3 is 0 Å². The van der Waals surface area contributed by atoms with Crippen molar-refractivity contribution in [1.29, 1.82) is 0 Å². The molecular formula is C13H20N4O3S. The Morgan fingerprint density at radius 2 is 1.86 bits per heavy atom. The summed E-state index contributed by atoms with van der Waals surface area (Å²) in [6.07, 6.45) is 6.37. The van der Waals surface area contributed by atoms with Gasteiger partial charge in [0, 0.05) is 31.5 Å². The molecule has 3 rings (SSSR count). The van der Waals surface area contributed by atoms with Crippen LogP contribution >= 0.6 is 0 Å². The molecule has 0 amide bonds. The van der Waals surface area contributed by atoms with Gasteiger partial charge in [-0.1, -0.05) is 0 Å². The summed E-state index contributed by atoms with van der Waals surface area (Å²) in [4.78, 5) is 10.5. The predicted octanol–water partition coefficient (Wildman–Crippen LogP) is 0.536. The number of sulfonamides is 1. The van der Waals surface area contributed by atoms with E-state index < -0.39 is 10.0 Å². The molecule has 1 N–H and O–H groups in total. The lowest BCUT2D eigenvalue weighted by Gasteiger charge is -2.33. The third-order valence-corrected chi connectivity index (χ3v) is 5.94. The zero-order valence-corrected chi connectivity index (χ0v) is 12.8. The molecule has 2 fully saturated rings. The number of nitrogens with zero attached hydrogens (tertiary/aromatic N) is 3. The Morgan fingerprint density at radius 3 is 2.48 bits per heavy atom. The highest BCUT2D eigenvalue weighted by atomic mass is 32.2. The van der Waals surface area contributed by atoms with Crippen molar-refractivity contribution >= 4 is 15.8 Å². The highest BCUT2D eigenvalue weighted by Crippen LogP contribution is 2.29. The van der Waals surface area contributed by atoms with Gasteiger partial charge in [0.05, 0.1) is 12.4 Å². The molecular weight excluding hydrogens is 292 g/mol. The standard InChI is InChI=1S/C13H20N4O3S/c1-20-13-12(14-6-7-15-13)17-8-4-10(5-9-17)16-21(18,19)11-2-3-11/h6-7,10-11,16H,2-5,8-9H2,1H3. The highest BCUT2D eigenvalue weighted by molar-refractivity contribution is 7.90. The van der Waals surface area contributed by atoms with E-state index in [2.05, 4.69) is 19.6 Å². The van der Waals surface area contributed by atoms with Crippen LogP contribution in [0.25, 0.3) is 0 Å². The molecule has 0 atom stereocenters. The van der Waals surface area contributed by atoms with Crippen LogP contribution in [0.15, 0.2) is 12.4 Å². The van der Waals surface area contributed by atoms with Gasteiger partial charge in [-0.15, -0.1) is 0 Å². The number of aromatic nitrogens is 2. The van der Waals surface area contributed by atoms with E-state index in [4.69, 9.17) is 4.74 Å². The summed E-state index contributed by atoms with van der Waals surface area (Å²) in [5.74, 6) is 1.23. The summed E-state index contributed by atoms with van der Waals surface area (Å²) in [7, 11) is -1.53. The van der Waals surface area contributed by atoms with Crippen molar-refractivity contribution in [3.05, 3.63) is 12.4 Å². The van der Waals surface area contributed by atoms with E-state index in [9.17, 15) is 8.42 Å². The van der Waals surface area contributed by atoms with Gasteiger partial charge in [0.25, 0.3) is 5.88 Å². The SMILES string of the molecule is COc1nccnc1N1CCC(NS(=O)(=O)C2CC2)CC1. The first kappa shape index (κ1) is 14.5. The average Bonchev–Trinajstić information content (AvgIpc) is 3.33.